The molecule has 2 heterocycles. The van der Waals surface area contributed by atoms with Crippen LogP contribution in [0.2, 0.25) is 0 Å². The van der Waals surface area contributed by atoms with Gasteiger partial charge in [0.05, 0.1) is 6.54 Å². The Hall–Kier alpha value is -2.13. The standard InChI is InChI=1S/C21H23NO2/c1-3-12-21-13-11-19(23)22(21)15-20(24-21)14-16(4-2)9-10-17-7-5-6-8-18(17)20/h4-10,14H,2-3,11-13,15H2,1H3. The topological polar surface area (TPSA) is 29.5 Å². The van der Waals surface area contributed by atoms with E-state index in [1.165, 1.54) is 0 Å². The van der Waals surface area contributed by atoms with E-state index in [9.17, 15) is 4.79 Å². The molecule has 1 spiro atoms. The van der Waals surface area contributed by atoms with Crippen molar-refractivity contribution in [2.24, 2.45) is 0 Å². The average molecular weight is 321 g/mol. The molecule has 1 amide bonds. The molecule has 2 atom stereocenters. The van der Waals surface area contributed by atoms with Crippen LogP contribution in [0.5, 0.6) is 0 Å². The summed E-state index contributed by atoms with van der Waals surface area (Å²) < 4.78 is 6.79. The van der Waals surface area contributed by atoms with Gasteiger partial charge in [0, 0.05) is 12.8 Å². The van der Waals surface area contributed by atoms with Crippen molar-refractivity contribution >= 4 is 12.0 Å². The summed E-state index contributed by atoms with van der Waals surface area (Å²) in [5.74, 6) is 0.212. The molecule has 3 aliphatic rings. The molecule has 3 heteroatoms. The Morgan fingerprint density at radius 3 is 2.96 bits per heavy atom. The van der Waals surface area contributed by atoms with Gasteiger partial charge in [-0.05, 0) is 29.2 Å². The third-order valence-corrected chi connectivity index (χ3v) is 5.44. The largest absolute Gasteiger partial charge is 0.338 e. The number of amides is 1. The third-order valence-electron chi connectivity index (χ3n) is 5.44. The van der Waals surface area contributed by atoms with Gasteiger partial charge in [-0.2, -0.15) is 0 Å². The van der Waals surface area contributed by atoms with Gasteiger partial charge in [0.15, 0.2) is 0 Å². The second-order valence-electron chi connectivity index (χ2n) is 6.94. The Bertz CT molecular complexity index is 763. The second-order valence-corrected chi connectivity index (χ2v) is 6.94. The molecule has 3 nitrogen and oxygen atoms in total. The van der Waals surface area contributed by atoms with Gasteiger partial charge in [-0.15, -0.1) is 0 Å². The van der Waals surface area contributed by atoms with Crippen molar-refractivity contribution < 1.29 is 9.53 Å². The highest BCUT2D eigenvalue weighted by molar-refractivity contribution is 5.80. The quantitative estimate of drug-likeness (QED) is 0.836. The van der Waals surface area contributed by atoms with Crippen LogP contribution in [0.3, 0.4) is 0 Å². The van der Waals surface area contributed by atoms with Crippen LogP contribution in [0.4, 0.5) is 0 Å². The highest BCUT2D eigenvalue weighted by Gasteiger charge is 2.59. The lowest BCUT2D eigenvalue weighted by Crippen LogP contribution is -2.41. The highest BCUT2D eigenvalue weighted by atomic mass is 16.6. The second kappa shape index (κ2) is 5.45. The van der Waals surface area contributed by atoms with Crippen LogP contribution >= 0.6 is 0 Å². The smallest absolute Gasteiger partial charge is 0.225 e. The zero-order chi connectivity index (χ0) is 16.8. The summed E-state index contributed by atoms with van der Waals surface area (Å²) in [6.45, 7) is 6.66. The monoisotopic (exact) mass is 321 g/mol. The predicted molar refractivity (Wildman–Crippen MR) is 95.1 cm³/mol. The van der Waals surface area contributed by atoms with Gasteiger partial charge in [-0.1, -0.05) is 62.4 Å². The summed E-state index contributed by atoms with van der Waals surface area (Å²) in [6, 6.07) is 8.31. The van der Waals surface area contributed by atoms with E-state index in [0.717, 1.165) is 36.0 Å². The minimum absolute atomic E-state index is 0.212. The molecule has 0 N–H and O–H groups in total. The van der Waals surface area contributed by atoms with Crippen molar-refractivity contribution in [1.82, 2.24) is 4.90 Å². The van der Waals surface area contributed by atoms with Crippen LogP contribution in [0.1, 0.15) is 43.7 Å². The molecular weight excluding hydrogens is 298 g/mol. The number of fused-ring (bicyclic) bond motifs is 3. The Kier molecular flexibility index (Phi) is 3.50. The number of benzene rings is 1. The molecule has 4 rings (SSSR count). The number of ether oxygens (including phenoxy) is 1. The van der Waals surface area contributed by atoms with Crippen LogP contribution < -0.4 is 0 Å². The number of carbonyl (C=O) groups is 1. The van der Waals surface area contributed by atoms with Crippen LogP contribution in [-0.2, 0) is 15.1 Å². The van der Waals surface area contributed by atoms with E-state index in [1.807, 2.05) is 23.1 Å². The fraction of sp³-hybridized carbons (Fsp3) is 0.381. The molecule has 0 aromatic heterocycles. The zero-order valence-corrected chi connectivity index (χ0v) is 14.1. The summed E-state index contributed by atoms with van der Waals surface area (Å²) in [4.78, 5) is 14.5. The molecule has 1 aliphatic carbocycles. The van der Waals surface area contributed by atoms with Crippen molar-refractivity contribution in [3.8, 4) is 0 Å². The fourth-order valence-electron chi connectivity index (χ4n) is 4.40. The van der Waals surface area contributed by atoms with E-state index < -0.39 is 11.3 Å². The normalized spacial score (nSPS) is 31.0. The summed E-state index contributed by atoms with van der Waals surface area (Å²) in [5.41, 5.74) is 2.27. The summed E-state index contributed by atoms with van der Waals surface area (Å²) in [7, 11) is 0. The molecule has 2 saturated heterocycles. The molecule has 0 radical (unpaired) electrons. The Morgan fingerprint density at radius 2 is 2.17 bits per heavy atom. The predicted octanol–water partition coefficient (Wildman–Crippen LogP) is 4.17. The van der Waals surface area contributed by atoms with Crippen LogP contribution in [-0.4, -0.2) is 23.1 Å². The Balaban J connectivity index is 1.88. The first-order valence-corrected chi connectivity index (χ1v) is 8.76. The SMILES string of the molecule is C=CC1=CC2(CN3C(=O)CCC3(CCC)O2)c2ccccc2C=C1. The number of nitrogens with zero attached hydrogens (tertiary/aromatic N) is 1. The summed E-state index contributed by atoms with van der Waals surface area (Å²) >= 11 is 0. The van der Waals surface area contributed by atoms with Gasteiger partial charge in [0.1, 0.15) is 11.3 Å². The first-order valence-electron chi connectivity index (χ1n) is 8.76. The van der Waals surface area contributed by atoms with Gasteiger partial charge >= 0.3 is 0 Å². The summed E-state index contributed by atoms with van der Waals surface area (Å²) in [6.07, 6.45) is 11.4. The van der Waals surface area contributed by atoms with E-state index in [2.05, 4.69) is 43.9 Å². The van der Waals surface area contributed by atoms with E-state index in [-0.39, 0.29) is 5.91 Å². The third kappa shape index (κ3) is 2.11. The molecule has 2 fully saturated rings. The number of hydrogen-bond acceptors (Lipinski definition) is 2. The Labute approximate surface area is 143 Å². The molecule has 1 aromatic rings. The lowest BCUT2D eigenvalue weighted by atomic mass is 9.89. The molecule has 0 saturated carbocycles. The lowest BCUT2D eigenvalue weighted by Gasteiger charge is -2.32. The van der Waals surface area contributed by atoms with Crippen molar-refractivity contribution in [3.05, 3.63) is 65.8 Å². The van der Waals surface area contributed by atoms with Gasteiger partial charge in [0.25, 0.3) is 0 Å². The van der Waals surface area contributed by atoms with E-state index in [4.69, 9.17) is 4.74 Å². The van der Waals surface area contributed by atoms with E-state index in [0.29, 0.717) is 13.0 Å². The molecule has 0 bridgehead atoms. The highest BCUT2D eigenvalue weighted by Crippen LogP contribution is 2.51. The molecular formula is C21H23NO2. The van der Waals surface area contributed by atoms with Crippen LogP contribution in [0.25, 0.3) is 6.08 Å². The van der Waals surface area contributed by atoms with Crippen molar-refractivity contribution in [1.29, 1.82) is 0 Å². The molecule has 2 unspecified atom stereocenters. The van der Waals surface area contributed by atoms with Gasteiger partial charge in [-0.25, -0.2) is 0 Å². The van der Waals surface area contributed by atoms with Crippen molar-refractivity contribution in [2.45, 2.75) is 43.9 Å². The molecule has 124 valence electrons. The lowest BCUT2D eigenvalue weighted by molar-refractivity contribution is -0.144. The zero-order valence-electron chi connectivity index (χ0n) is 14.1. The van der Waals surface area contributed by atoms with Gasteiger partial charge < -0.3 is 9.64 Å². The maximum Gasteiger partial charge on any atom is 0.225 e. The average Bonchev–Trinajstić information content (AvgIpc) is 3.00. The first kappa shape index (κ1) is 15.4. The number of rotatable bonds is 3. The van der Waals surface area contributed by atoms with Gasteiger partial charge in [0.2, 0.25) is 5.91 Å². The minimum atomic E-state index is -0.588. The first-order chi connectivity index (χ1) is 11.6. The maximum atomic E-state index is 12.5. The van der Waals surface area contributed by atoms with Crippen molar-refractivity contribution in [2.75, 3.05) is 6.54 Å². The fourth-order valence-corrected chi connectivity index (χ4v) is 4.40. The number of carbonyl (C=O) groups excluding carboxylic acids is 1. The number of allylic oxidation sites excluding steroid dienone is 3. The van der Waals surface area contributed by atoms with Crippen molar-refractivity contribution in [3.63, 3.8) is 0 Å². The van der Waals surface area contributed by atoms with Gasteiger partial charge in [-0.3, -0.25) is 4.79 Å². The van der Waals surface area contributed by atoms with E-state index >= 15 is 0 Å². The molecule has 24 heavy (non-hydrogen) atoms. The molecule has 1 aromatic carbocycles. The molecule has 2 aliphatic heterocycles. The van der Waals surface area contributed by atoms with E-state index in [1.54, 1.807) is 0 Å². The van der Waals surface area contributed by atoms with Crippen LogP contribution in [0, 0.1) is 0 Å². The minimum Gasteiger partial charge on any atom is -0.338 e. The number of hydrogen-bond donors (Lipinski definition) is 0. The van der Waals surface area contributed by atoms with Crippen LogP contribution in [0.15, 0.2) is 54.6 Å². The Morgan fingerprint density at radius 1 is 1.33 bits per heavy atom. The maximum absolute atomic E-state index is 12.5. The summed E-state index contributed by atoms with van der Waals surface area (Å²) in [5, 5.41) is 0.